The van der Waals surface area contributed by atoms with Crippen LogP contribution in [0.15, 0.2) is 0 Å². The molecule has 12 heteroatoms. The van der Waals surface area contributed by atoms with E-state index >= 15 is 0 Å². The fourth-order valence-electron chi connectivity index (χ4n) is 3.11. The number of unbranched alkanes of at least 4 members (excludes halogenated alkanes) is 1. The standard InChI is InChI=1S/C22H41N5O7/c1-12(2)11-16(22(33)34)27-20(31)15(8-9-17(28)29)25-19(30)14(7-5-6-10-23)26-21(32)18(24)13(3)4/h12-16,18H,5-11,23-24H2,1-4H3,(H,25,30)(H,26,32)(H,27,31)(H,28,29)(H,33,34). The van der Waals surface area contributed by atoms with Gasteiger partial charge < -0.3 is 37.6 Å². The Bertz CT molecular complexity index is 699. The molecule has 0 bridgehead atoms. The van der Waals surface area contributed by atoms with Crippen LogP contribution in [0.1, 0.15) is 66.2 Å². The molecule has 4 unspecified atom stereocenters. The largest absolute Gasteiger partial charge is 0.481 e. The Balaban J connectivity index is 5.58. The number of amides is 3. The summed E-state index contributed by atoms with van der Waals surface area (Å²) in [6.45, 7) is 7.50. The molecule has 12 nitrogen and oxygen atoms in total. The molecule has 34 heavy (non-hydrogen) atoms. The molecule has 0 aliphatic rings. The second-order valence-electron chi connectivity index (χ2n) is 9.14. The van der Waals surface area contributed by atoms with E-state index in [1.807, 2.05) is 0 Å². The van der Waals surface area contributed by atoms with E-state index in [1.165, 1.54) is 0 Å². The summed E-state index contributed by atoms with van der Waals surface area (Å²) in [5, 5.41) is 25.9. The second kappa shape index (κ2) is 16.0. The van der Waals surface area contributed by atoms with Crippen molar-refractivity contribution in [3.63, 3.8) is 0 Å². The fourth-order valence-corrected chi connectivity index (χ4v) is 3.11. The third-order valence-electron chi connectivity index (χ3n) is 5.20. The van der Waals surface area contributed by atoms with Crippen LogP contribution < -0.4 is 27.4 Å². The molecule has 0 radical (unpaired) electrons. The third kappa shape index (κ3) is 12.5. The van der Waals surface area contributed by atoms with Crippen LogP contribution in [-0.2, 0) is 24.0 Å². The number of carboxylic acids is 2. The predicted octanol–water partition coefficient (Wildman–Crippen LogP) is -0.451. The van der Waals surface area contributed by atoms with Crippen LogP contribution in [0.25, 0.3) is 0 Å². The van der Waals surface area contributed by atoms with Gasteiger partial charge in [-0.25, -0.2) is 4.79 Å². The van der Waals surface area contributed by atoms with Crippen molar-refractivity contribution in [1.29, 1.82) is 0 Å². The first-order chi connectivity index (χ1) is 15.8. The Kier molecular flexibility index (Phi) is 14.7. The summed E-state index contributed by atoms with van der Waals surface area (Å²) in [7, 11) is 0. The molecule has 0 aromatic rings. The van der Waals surface area contributed by atoms with Gasteiger partial charge in [0.15, 0.2) is 0 Å². The minimum absolute atomic E-state index is 0.0271. The van der Waals surface area contributed by atoms with Crippen molar-refractivity contribution in [3.05, 3.63) is 0 Å². The number of nitrogens with one attached hydrogen (secondary N) is 3. The lowest BCUT2D eigenvalue weighted by atomic mass is 10.0. The van der Waals surface area contributed by atoms with Crippen LogP contribution >= 0.6 is 0 Å². The number of carboxylic acid groups (broad SMARTS) is 2. The van der Waals surface area contributed by atoms with Crippen molar-refractivity contribution in [1.82, 2.24) is 16.0 Å². The van der Waals surface area contributed by atoms with Gasteiger partial charge in [-0.1, -0.05) is 27.7 Å². The van der Waals surface area contributed by atoms with E-state index < -0.39 is 60.2 Å². The van der Waals surface area contributed by atoms with Crippen LogP contribution in [0.2, 0.25) is 0 Å². The van der Waals surface area contributed by atoms with Crippen molar-refractivity contribution < 1.29 is 34.2 Å². The van der Waals surface area contributed by atoms with Crippen molar-refractivity contribution in [2.45, 2.75) is 90.4 Å². The molecule has 0 saturated carbocycles. The quantitative estimate of drug-likeness (QED) is 0.132. The maximum absolute atomic E-state index is 13.0. The zero-order chi connectivity index (χ0) is 26.4. The highest BCUT2D eigenvalue weighted by Gasteiger charge is 2.31. The van der Waals surface area contributed by atoms with E-state index in [0.717, 1.165) is 0 Å². The topological polar surface area (TPSA) is 214 Å². The van der Waals surface area contributed by atoms with Crippen LogP contribution in [0.5, 0.6) is 0 Å². The van der Waals surface area contributed by atoms with E-state index in [0.29, 0.717) is 19.4 Å². The monoisotopic (exact) mass is 487 g/mol. The summed E-state index contributed by atoms with van der Waals surface area (Å²) in [5.41, 5.74) is 11.4. The molecule has 0 spiro atoms. The number of aliphatic carboxylic acids is 2. The van der Waals surface area contributed by atoms with Gasteiger partial charge in [0.1, 0.15) is 18.1 Å². The SMILES string of the molecule is CC(C)CC(NC(=O)C(CCC(=O)O)NC(=O)C(CCCCN)NC(=O)C(N)C(C)C)C(=O)O. The van der Waals surface area contributed by atoms with Crippen LogP contribution in [0.3, 0.4) is 0 Å². The van der Waals surface area contributed by atoms with Crippen LogP contribution in [0, 0.1) is 11.8 Å². The Hall–Kier alpha value is -2.73. The Morgan fingerprint density at radius 1 is 0.765 bits per heavy atom. The summed E-state index contributed by atoms with van der Waals surface area (Å²) in [5.74, 6) is -4.65. The molecule has 0 rings (SSSR count). The zero-order valence-electron chi connectivity index (χ0n) is 20.5. The fraction of sp³-hybridized carbons (Fsp3) is 0.773. The van der Waals surface area contributed by atoms with Gasteiger partial charge in [0.05, 0.1) is 6.04 Å². The molecule has 3 amide bonds. The number of carbonyl (C=O) groups excluding carboxylic acids is 3. The van der Waals surface area contributed by atoms with Crippen LogP contribution in [0.4, 0.5) is 0 Å². The Morgan fingerprint density at radius 3 is 1.71 bits per heavy atom. The van der Waals surface area contributed by atoms with Crippen molar-refractivity contribution >= 4 is 29.7 Å². The summed E-state index contributed by atoms with van der Waals surface area (Å²) in [6, 6.07) is -4.36. The average molecular weight is 488 g/mol. The lowest BCUT2D eigenvalue weighted by Gasteiger charge is -2.26. The smallest absolute Gasteiger partial charge is 0.326 e. The molecular weight excluding hydrogens is 446 g/mol. The highest BCUT2D eigenvalue weighted by molar-refractivity contribution is 5.94. The van der Waals surface area contributed by atoms with Gasteiger partial charge >= 0.3 is 11.9 Å². The van der Waals surface area contributed by atoms with Gasteiger partial charge in [0.2, 0.25) is 17.7 Å². The highest BCUT2D eigenvalue weighted by atomic mass is 16.4. The summed E-state index contributed by atoms with van der Waals surface area (Å²) in [6.07, 6.45) is 0.837. The molecule has 0 aromatic heterocycles. The van der Waals surface area contributed by atoms with E-state index in [9.17, 15) is 29.1 Å². The van der Waals surface area contributed by atoms with Gasteiger partial charge in [-0.05, 0) is 50.5 Å². The molecule has 0 fully saturated rings. The van der Waals surface area contributed by atoms with Crippen LogP contribution in [-0.4, -0.2) is 70.6 Å². The predicted molar refractivity (Wildman–Crippen MR) is 125 cm³/mol. The van der Waals surface area contributed by atoms with Gasteiger partial charge in [0.25, 0.3) is 0 Å². The first-order valence-corrected chi connectivity index (χ1v) is 11.6. The van der Waals surface area contributed by atoms with Gasteiger partial charge in [-0.15, -0.1) is 0 Å². The average Bonchev–Trinajstić information content (AvgIpc) is 2.73. The molecule has 0 heterocycles. The molecule has 0 aliphatic carbocycles. The summed E-state index contributed by atoms with van der Waals surface area (Å²) < 4.78 is 0. The number of hydrogen-bond acceptors (Lipinski definition) is 7. The Morgan fingerprint density at radius 2 is 1.26 bits per heavy atom. The maximum atomic E-state index is 13.0. The molecule has 4 atom stereocenters. The number of carbonyl (C=O) groups is 5. The Labute approximate surface area is 200 Å². The minimum atomic E-state index is -1.30. The third-order valence-corrected chi connectivity index (χ3v) is 5.20. The normalized spacial score (nSPS) is 14.7. The first kappa shape index (κ1) is 31.3. The lowest BCUT2D eigenvalue weighted by molar-refractivity contribution is -0.143. The van der Waals surface area contributed by atoms with Crippen molar-refractivity contribution in [3.8, 4) is 0 Å². The molecule has 0 saturated heterocycles. The highest BCUT2D eigenvalue weighted by Crippen LogP contribution is 2.09. The summed E-state index contributed by atoms with van der Waals surface area (Å²) in [4.78, 5) is 60.8. The zero-order valence-corrected chi connectivity index (χ0v) is 20.5. The molecule has 0 aliphatic heterocycles. The van der Waals surface area contributed by atoms with E-state index in [1.54, 1.807) is 27.7 Å². The molecular formula is C22H41N5O7. The first-order valence-electron chi connectivity index (χ1n) is 11.6. The van der Waals surface area contributed by atoms with Crippen molar-refractivity contribution in [2.75, 3.05) is 6.54 Å². The molecule has 196 valence electrons. The maximum Gasteiger partial charge on any atom is 0.326 e. The van der Waals surface area contributed by atoms with Crippen molar-refractivity contribution in [2.24, 2.45) is 23.3 Å². The summed E-state index contributed by atoms with van der Waals surface area (Å²) >= 11 is 0. The van der Waals surface area contributed by atoms with Gasteiger partial charge in [-0.3, -0.25) is 19.2 Å². The van der Waals surface area contributed by atoms with Gasteiger partial charge in [-0.2, -0.15) is 0 Å². The number of nitrogens with two attached hydrogens (primary N) is 2. The second-order valence-corrected chi connectivity index (χ2v) is 9.14. The number of hydrogen-bond donors (Lipinski definition) is 7. The number of rotatable bonds is 17. The lowest BCUT2D eigenvalue weighted by Crippen LogP contribution is -2.57. The van der Waals surface area contributed by atoms with E-state index in [4.69, 9.17) is 16.6 Å². The molecule has 9 N–H and O–H groups in total. The minimum Gasteiger partial charge on any atom is -0.481 e. The van der Waals surface area contributed by atoms with Gasteiger partial charge in [0, 0.05) is 6.42 Å². The van der Waals surface area contributed by atoms with E-state index in [-0.39, 0.29) is 31.1 Å². The van der Waals surface area contributed by atoms with E-state index in [2.05, 4.69) is 16.0 Å². The molecule has 0 aromatic carbocycles.